The van der Waals surface area contributed by atoms with Gasteiger partial charge in [-0.2, -0.15) is 0 Å². The van der Waals surface area contributed by atoms with Crippen LogP contribution in [0, 0.1) is 11.8 Å². The summed E-state index contributed by atoms with van der Waals surface area (Å²) in [4.78, 5) is 35.5. The van der Waals surface area contributed by atoms with Crippen LogP contribution in [0.4, 0.5) is 0 Å². The Morgan fingerprint density at radius 3 is 2.22 bits per heavy atom. The van der Waals surface area contributed by atoms with E-state index in [1.807, 2.05) is 12.1 Å². The molecule has 0 amide bonds. The molecule has 3 atom stereocenters. The summed E-state index contributed by atoms with van der Waals surface area (Å²) in [5.41, 5.74) is 2.71. The second-order valence-corrected chi connectivity index (χ2v) is 7.88. The quantitative estimate of drug-likeness (QED) is 0.517. The normalized spacial score (nSPS) is 21.1. The van der Waals surface area contributed by atoms with Crippen molar-refractivity contribution in [1.82, 2.24) is 0 Å². The van der Waals surface area contributed by atoms with Gasteiger partial charge in [-0.3, -0.25) is 14.4 Å². The zero-order valence-electron chi connectivity index (χ0n) is 18.3. The van der Waals surface area contributed by atoms with Gasteiger partial charge in [0.05, 0.1) is 26.7 Å². The first kappa shape index (κ1) is 21.7. The lowest BCUT2D eigenvalue weighted by molar-refractivity contribution is -0.141. The van der Waals surface area contributed by atoms with Crippen molar-refractivity contribution in [3.8, 4) is 23.0 Å². The molecule has 1 aliphatic carbocycles. The molecule has 0 bridgehead atoms. The van der Waals surface area contributed by atoms with Crippen molar-refractivity contribution in [2.75, 3.05) is 20.8 Å². The van der Waals surface area contributed by atoms with E-state index in [1.54, 1.807) is 18.2 Å². The first-order chi connectivity index (χ1) is 15.3. The van der Waals surface area contributed by atoms with Gasteiger partial charge in [0.25, 0.3) is 0 Å². The van der Waals surface area contributed by atoms with Gasteiger partial charge in [0.15, 0.2) is 23.0 Å². The smallest absolute Gasteiger partial charge is 0.309 e. The second kappa shape index (κ2) is 8.53. The Bertz CT molecular complexity index is 1090. The SMILES string of the molecule is COc1cc(C2c3cc(OC(C)=O)c(OC)cc3CC3C(=O)OCC32)ccc1OC(C)=O. The molecule has 0 spiro atoms. The Kier molecular flexibility index (Phi) is 5.78. The van der Waals surface area contributed by atoms with Gasteiger partial charge in [-0.1, -0.05) is 6.07 Å². The summed E-state index contributed by atoms with van der Waals surface area (Å²) in [7, 11) is 3.00. The van der Waals surface area contributed by atoms with Crippen LogP contribution in [-0.4, -0.2) is 38.7 Å². The minimum atomic E-state index is -0.458. The van der Waals surface area contributed by atoms with Gasteiger partial charge in [0.2, 0.25) is 0 Å². The van der Waals surface area contributed by atoms with E-state index < -0.39 is 11.9 Å². The standard InChI is InChI=1S/C24H24O8/c1-12(25)31-19-6-5-14(8-20(19)28-3)23-16-10-22(32-13(2)26)21(29-4)9-15(16)7-17-18(23)11-30-24(17)27/h5-6,8-10,17-18,23H,7,11H2,1-4H3. The number of carbonyl (C=O) groups is 3. The van der Waals surface area contributed by atoms with E-state index in [4.69, 9.17) is 23.7 Å². The molecule has 1 aliphatic heterocycles. The molecule has 0 N–H and O–H groups in total. The van der Waals surface area contributed by atoms with E-state index in [1.165, 1.54) is 28.1 Å². The van der Waals surface area contributed by atoms with Gasteiger partial charge in [-0.05, 0) is 47.4 Å². The van der Waals surface area contributed by atoms with Crippen LogP contribution in [-0.2, 0) is 25.5 Å². The van der Waals surface area contributed by atoms with E-state index in [0.717, 1.165) is 16.7 Å². The van der Waals surface area contributed by atoms with Crippen LogP contribution in [0.3, 0.4) is 0 Å². The summed E-state index contributed by atoms with van der Waals surface area (Å²) in [6.07, 6.45) is 0.509. The highest BCUT2D eigenvalue weighted by Crippen LogP contribution is 2.50. The van der Waals surface area contributed by atoms with Gasteiger partial charge >= 0.3 is 17.9 Å². The number of cyclic esters (lactones) is 1. The van der Waals surface area contributed by atoms with Crippen LogP contribution in [0.2, 0.25) is 0 Å². The third kappa shape index (κ3) is 3.88. The minimum Gasteiger partial charge on any atom is -0.493 e. The third-order valence-electron chi connectivity index (χ3n) is 5.92. The lowest BCUT2D eigenvalue weighted by atomic mass is 9.67. The zero-order valence-corrected chi connectivity index (χ0v) is 18.3. The molecule has 2 aliphatic rings. The average Bonchev–Trinajstić information content (AvgIpc) is 3.11. The minimum absolute atomic E-state index is 0.0992. The molecular formula is C24H24O8. The van der Waals surface area contributed by atoms with Gasteiger partial charge in [-0.25, -0.2) is 0 Å². The Labute approximate surface area is 185 Å². The fourth-order valence-electron chi connectivity index (χ4n) is 4.63. The Morgan fingerprint density at radius 1 is 0.906 bits per heavy atom. The summed E-state index contributed by atoms with van der Waals surface area (Å²) in [6.45, 7) is 2.94. The van der Waals surface area contributed by atoms with Crippen molar-refractivity contribution in [2.24, 2.45) is 11.8 Å². The maximum absolute atomic E-state index is 12.5. The van der Waals surface area contributed by atoms with Crippen LogP contribution in [0.25, 0.3) is 0 Å². The number of carbonyl (C=O) groups excluding carboxylic acids is 3. The highest BCUT2D eigenvalue weighted by atomic mass is 16.6. The number of methoxy groups -OCH3 is 2. The largest absolute Gasteiger partial charge is 0.493 e. The first-order valence-corrected chi connectivity index (χ1v) is 10.2. The molecule has 4 rings (SSSR count). The first-order valence-electron chi connectivity index (χ1n) is 10.2. The van der Waals surface area contributed by atoms with Crippen LogP contribution in [0.1, 0.15) is 36.5 Å². The molecule has 0 aromatic heterocycles. The molecule has 1 fully saturated rings. The van der Waals surface area contributed by atoms with E-state index in [9.17, 15) is 14.4 Å². The highest BCUT2D eigenvalue weighted by molar-refractivity contribution is 5.77. The number of ether oxygens (including phenoxy) is 5. The molecular weight excluding hydrogens is 416 g/mol. The van der Waals surface area contributed by atoms with Crippen molar-refractivity contribution < 1.29 is 38.1 Å². The van der Waals surface area contributed by atoms with Crippen molar-refractivity contribution in [1.29, 1.82) is 0 Å². The summed E-state index contributed by atoms with van der Waals surface area (Å²) in [5, 5.41) is 0. The molecule has 0 radical (unpaired) electrons. The van der Waals surface area contributed by atoms with Gasteiger partial charge in [-0.15, -0.1) is 0 Å². The maximum atomic E-state index is 12.5. The Morgan fingerprint density at radius 2 is 1.56 bits per heavy atom. The van der Waals surface area contributed by atoms with Crippen molar-refractivity contribution in [2.45, 2.75) is 26.2 Å². The monoisotopic (exact) mass is 440 g/mol. The van der Waals surface area contributed by atoms with Crippen LogP contribution >= 0.6 is 0 Å². The third-order valence-corrected chi connectivity index (χ3v) is 5.92. The van der Waals surface area contributed by atoms with Gasteiger partial charge < -0.3 is 23.7 Å². The second-order valence-electron chi connectivity index (χ2n) is 7.88. The Balaban J connectivity index is 1.86. The maximum Gasteiger partial charge on any atom is 0.309 e. The van der Waals surface area contributed by atoms with Crippen LogP contribution in [0.15, 0.2) is 30.3 Å². The van der Waals surface area contributed by atoms with E-state index in [2.05, 4.69) is 0 Å². The number of benzene rings is 2. The van der Waals surface area contributed by atoms with Crippen LogP contribution < -0.4 is 18.9 Å². The van der Waals surface area contributed by atoms with Crippen molar-refractivity contribution in [3.63, 3.8) is 0 Å². The zero-order chi connectivity index (χ0) is 23.0. The van der Waals surface area contributed by atoms with Gasteiger partial charge in [0.1, 0.15) is 0 Å². The van der Waals surface area contributed by atoms with Crippen molar-refractivity contribution >= 4 is 17.9 Å². The molecule has 0 saturated carbocycles. The molecule has 8 nitrogen and oxygen atoms in total. The predicted molar refractivity (Wildman–Crippen MR) is 112 cm³/mol. The average molecular weight is 440 g/mol. The summed E-state index contributed by atoms with van der Waals surface area (Å²) in [5.74, 6) is -0.305. The summed E-state index contributed by atoms with van der Waals surface area (Å²) < 4.78 is 26.9. The molecule has 2 aromatic rings. The van der Waals surface area contributed by atoms with E-state index in [0.29, 0.717) is 29.4 Å². The highest BCUT2D eigenvalue weighted by Gasteiger charge is 2.47. The topological polar surface area (TPSA) is 97.4 Å². The predicted octanol–water partition coefficient (Wildman–Crippen LogP) is 3.03. The van der Waals surface area contributed by atoms with E-state index in [-0.39, 0.29) is 30.3 Å². The fourth-order valence-corrected chi connectivity index (χ4v) is 4.63. The van der Waals surface area contributed by atoms with Crippen LogP contribution in [0.5, 0.6) is 23.0 Å². The van der Waals surface area contributed by atoms with Gasteiger partial charge in [0, 0.05) is 25.7 Å². The molecule has 3 unspecified atom stereocenters. The molecule has 168 valence electrons. The van der Waals surface area contributed by atoms with E-state index >= 15 is 0 Å². The lowest BCUT2D eigenvalue weighted by Crippen LogP contribution is -2.31. The number of esters is 3. The summed E-state index contributed by atoms with van der Waals surface area (Å²) >= 11 is 0. The number of fused-ring (bicyclic) bond motifs is 2. The van der Waals surface area contributed by atoms with Crippen molar-refractivity contribution in [3.05, 3.63) is 47.0 Å². The lowest BCUT2D eigenvalue weighted by Gasteiger charge is -2.34. The molecule has 1 saturated heterocycles. The summed E-state index contributed by atoms with van der Waals surface area (Å²) in [6, 6.07) is 8.93. The number of hydrogen-bond donors (Lipinski definition) is 0. The molecule has 1 heterocycles. The number of rotatable bonds is 5. The Hall–Kier alpha value is -3.55. The molecule has 8 heteroatoms. The molecule has 2 aromatic carbocycles. The number of hydrogen-bond acceptors (Lipinski definition) is 8. The fraction of sp³-hybridized carbons (Fsp3) is 0.375. The molecule has 32 heavy (non-hydrogen) atoms.